The number of hydrogen-bond acceptors (Lipinski definition) is 7. The van der Waals surface area contributed by atoms with Gasteiger partial charge in [-0.2, -0.15) is 0 Å². The molecular weight excluding hydrogens is 340 g/mol. The molecule has 0 saturated heterocycles. The summed E-state index contributed by atoms with van der Waals surface area (Å²) in [5.41, 5.74) is 0.0969. The number of nitrogens with zero attached hydrogens (tertiary/aromatic N) is 6. The van der Waals surface area contributed by atoms with E-state index in [9.17, 15) is 19.7 Å². The minimum atomic E-state index is -0.552. The Morgan fingerprint density at radius 2 is 1.65 bits per heavy atom. The quantitative estimate of drug-likeness (QED) is 0.500. The summed E-state index contributed by atoms with van der Waals surface area (Å²) >= 11 is 0. The first-order chi connectivity index (χ1) is 12.2. The topological polar surface area (TPSA) is 116 Å². The number of nitro benzene ring substituents is 1. The molecule has 1 aromatic carbocycles. The Bertz CT molecular complexity index is 1140. The van der Waals surface area contributed by atoms with Crippen molar-refractivity contribution >= 4 is 22.7 Å². The largest absolute Gasteiger partial charge is 0.361 e. The molecule has 0 N–H and O–H groups in total. The molecule has 10 heteroatoms. The van der Waals surface area contributed by atoms with E-state index in [0.29, 0.717) is 17.1 Å². The maximum absolute atomic E-state index is 12.5. The average molecular weight is 356 g/mol. The number of nitro groups is 1. The number of aromatic nitrogens is 4. The number of aryl methyl sites for hydroxylation is 1. The maximum Gasteiger partial charge on any atom is 0.332 e. The van der Waals surface area contributed by atoms with Crippen LogP contribution >= 0.6 is 0 Å². The van der Waals surface area contributed by atoms with E-state index >= 15 is 0 Å². The zero-order valence-corrected chi connectivity index (χ0v) is 14.6. The Morgan fingerprint density at radius 3 is 2.19 bits per heavy atom. The van der Waals surface area contributed by atoms with Crippen LogP contribution in [0.2, 0.25) is 0 Å². The second kappa shape index (κ2) is 6.06. The van der Waals surface area contributed by atoms with Gasteiger partial charge in [0.05, 0.1) is 4.92 Å². The lowest BCUT2D eigenvalue weighted by molar-refractivity contribution is -0.384. The van der Waals surface area contributed by atoms with Gasteiger partial charge in [-0.15, -0.1) is 0 Å². The predicted molar refractivity (Wildman–Crippen MR) is 96.4 cm³/mol. The summed E-state index contributed by atoms with van der Waals surface area (Å²) < 4.78 is 2.22. The predicted octanol–water partition coefficient (Wildman–Crippen LogP) is 0.668. The molecule has 3 rings (SSSR count). The molecule has 0 saturated carbocycles. The van der Waals surface area contributed by atoms with Gasteiger partial charge in [-0.1, -0.05) is 0 Å². The summed E-state index contributed by atoms with van der Waals surface area (Å²) in [4.78, 5) is 45.5. The third kappa shape index (κ3) is 2.61. The van der Waals surface area contributed by atoms with Gasteiger partial charge in [0.1, 0.15) is 5.69 Å². The van der Waals surface area contributed by atoms with Gasteiger partial charge < -0.3 is 4.90 Å². The standard InChI is InChI=1S/C16H16N6O4/c1-19(2)13-11(9-5-7-10(8-6-9)22(25)26)17-12-14(18-13)20(3)16(24)21(4)15(12)23/h5-8H,1-4H3. The van der Waals surface area contributed by atoms with Crippen LogP contribution in [0, 0.1) is 10.1 Å². The molecule has 0 amide bonds. The van der Waals surface area contributed by atoms with E-state index in [1.54, 1.807) is 31.1 Å². The SMILES string of the molecule is CN(C)c1nc2c(nc1-c1ccc([N+](=O)[O-])cc1)c(=O)n(C)c(=O)n2C. The molecule has 10 nitrogen and oxygen atoms in total. The average Bonchev–Trinajstić information content (AvgIpc) is 2.63. The molecule has 2 aromatic heterocycles. The Morgan fingerprint density at radius 1 is 1.04 bits per heavy atom. The highest BCUT2D eigenvalue weighted by Crippen LogP contribution is 2.28. The van der Waals surface area contributed by atoms with Crippen LogP contribution < -0.4 is 16.1 Å². The molecule has 0 bridgehead atoms. The fourth-order valence-corrected chi connectivity index (χ4v) is 2.60. The Labute approximate surface area is 147 Å². The summed E-state index contributed by atoms with van der Waals surface area (Å²) in [6.45, 7) is 0. The Balaban J connectivity index is 2.37. The zero-order valence-electron chi connectivity index (χ0n) is 14.6. The van der Waals surface area contributed by atoms with Gasteiger partial charge in [-0.3, -0.25) is 24.0 Å². The van der Waals surface area contributed by atoms with E-state index < -0.39 is 16.2 Å². The van der Waals surface area contributed by atoms with E-state index in [4.69, 9.17) is 0 Å². The van der Waals surface area contributed by atoms with Gasteiger partial charge in [0, 0.05) is 45.9 Å². The molecule has 0 aliphatic rings. The van der Waals surface area contributed by atoms with Crippen molar-refractivity contribution in [3.05, 3.63) is 55.2 Å². The van der Waals surface area contributed by atoms with Gasteiger partial charge in [0.25, 0.3) is 11.2 Å². The molecule has 26 heavy (non-hydrogen) atoms. The Kier molecular flexibility index (Phi) is 4.03. The van der Waals surface area contributed by atoms with E-state index in [2.05, 4.69) is 9.97 Å². The highest BCUT2D eigenvalue weighted by molar-refractivity contribution is 5.81. The van der Waals surface area contributed by atoms with Crippen LogP contribution in [0.4, 0.5) is 11.5 Å². The van der Waals surface area contributed by atoms with Crippen molar-refractivity contribution in [2.24, 2.45) is 14.1 Å². The van der Waals surface area contributed by atoms with Crippen LogP contribution in [-0.2, 0) is 14.1 Å². The smallest absolute Gasteiger partial charge is 0.332 e. The van der Waals surface area contributed by atoms with Gasteiger partial charge in [0.15, 0.2) is 17.0 Å². The van der Waals surface area contributed by atoms with Crippen molar-refractivity contribution < 1.29 is 4.92 Å². The molecule has 0 atom stereocenters. The normalized spacial score (nSPS) is 10.9. The Hall–Kier alpha value is -3.56. The summed E-state index contributed by atoms with van der Waals surface area (Å²) in [5, 5.41) is 10.8. The monoisotopic (exact) mass is 356 g/mol. The molecular formula is C16H16N6O4. The highest BCUT2D eigenvalue weighted by Gasteiger charge is 2.18. The zero-order chi connectivity index (χ0) is 19.2. The third-order valence-corrected chi connectivity index (χ3v) is 4.03. The molecule has 0 unspecified atom stereocenters. The minimum Gasteiger partial charge on any atom is -0.361 e. The van der Waals surface area contributed by atoms with Crippen LogP contribution in [0.1, 0.15) is 0 Å². The summed E-state index contributed by atoms with van der Waals surface area (Å²) in [5.74, 6) is 0.439. The lowest BCUT2D eigenvalue weighted by Gasteiger charge is -2.17. The number of fused-ring (bicyclic) bond motifs is 1. The van der Waals surface area contributed by atoms with E-state index in [0.717, 1.165) is 4.57 Å². The van der Waals surface area contributed by atoms with Crippen LogP contribution in [0.3, 0.4) is 0 Å². The van der Waals surface area contributed by atoms with Crippen molar-refractivity contribution in [2.45, 2.75) is 0 Å². The maximum atomic E-state index is 12.5. The molecule has 0 radical (unpaired) electrons. The van der Waals surface area contributed by atoms with Crippen molar-refractivity contribution in [1.82, 2.24) is 19.1 Å². The molecule has 0 aliphatic heterocycles. The second-order valence-corrected chi connectivity index (χ2v) is 5.97. The molecule has 0 fully saturated rings. The van der Waals surface area contributed by atoms with Crippen LogP contribution in [0.25, 0.3) is 22.4 Å². The molecule has 0 aliphatic carbocycles. The highest BCUT2D eigenvalue weighted by atomic mass is 16.6. The van der Waals surface area contributed by atoms with Crippen molar-refractivity contribution in [2.75, 3.05) is 19.0 Å². The van der Waals surface area contributed by atoms with Crippen molar-refractivity contribution in [1.29, 1.82) is 0 Å². The number of hydrogen-bond donors (Lipinski definition) is 0. The van der Waals surface area contributed by atoms with Crippen LogP contribution in [0.5, 0.6) is 0 Å². The second-order valence-electron chi connectivity index (χ2n) is 5.97. The number of benzene rings is 1. The third-order valence-electron chi connectivity index (χ3n) is 4.03. The molecule has 3 aromatic rings. The molecule has 2 heterocycles. The van der Waals surface area contributed by atoms with Gasteiger partial charge >= 0.3 is 5.69 Å². The number of anilines is 1. The fraction of sp³-hybridized carbons (Fsp3) is 0.250. The lowest BCUT2D eigenvalue weighted by atomic mass is 10.1. The van der Waals surface area contributed by atoms with Crippen molar-refractivity contribution in [3.8, 4) is 11.3 Å². The number of non-ortho nitro benzene ring substituents is 1. The molecule has 0 spiro atoms. The summed E-state index contributed by atoms with van der Waals surface area (Å²) in [7, 11) is 6.40. The molecule has 134 valence electrons. The van der Waals surface area contributed by atoms with Crippen LogP contribution in [-0.4, -0.2) is 38.1 Å². The fourth-order valence-electron chi connectivity index (χ4n) is 2.60. The summed E-state index contributed by atoms with van der Waals surface area (Å²) in [6.07, 6.45) is 0. The van der Waals surface area contributed by atoms with Crippen LogP contribution in [0.15, 0.2) is 33.9 Å². The lowest BCUT2D eigenvalue weighted by Crippen LogP contribution is -2.38. The van der Waals surface area contributed by atoms with E-state index in [-0.39, 0.29) is 16.9 Å². The summed E-state index contributed by atoms with van der Waals surface area (Å²) in [6, 6.07) is 5.82. The first kappa shape index (κ1) is 17.3. The number of rotatable bonds is 3. The van der Waals surface area contributed by atoms with E-state index in [1.165, 1.54) is 30.8 Å². The first-order valence-corrected chi connectivity index (χ1v) is 7.62. The first-order valence-electron chi connectivity index (χ1n) is 7.62. The van der Waals surface area contributed by atoms with Gasteiger partial charge in [-0.25, -0.2) is 14.8 Å². The van der Waals surface area contributed by atoms with Crippen molar-refractivity contribution in [3.63, 3.8) is 0 Å². The van der Waals surface area contributed by atoms with Gasteiger partial charge in [-0.05, 0) is 12.1 Å². The van der Waals surface area contributed by atoms with Gasteiger partial charge in [0.2, 0.25) is 0 Å². The van der Waals surface area contributed by atoms with E-state index in [1.807, 2.05) is 0 Å². The minimum absolute atomic E-state index is 0.0489.